The molecule has 0 atom stereocenters. The zero-order chi connectivity index (χ0) is 24.8. The second-order valence-corrected chi connectivity index (χ2v) is 8.11. The van der Waals surface area contributed by atoms with Crippen molar-refractivity contribution >= 4 is 23.2 Å². The summed E-state index contributed by atoms with van der Waals surface area (Å²) in [4.78, 5) is 12.5. The number of hydrogen-bond acceptors (Lipinski definition) is 4. The number of nitrogens with one attached hydrogen (secondary N) is 2. The van der Waals surface area contributed by atoms with Gasteiger partial charge in [-0.15, -0.1) is 0 Å². The standard InChI is InChI=1S/C21H18ClF5N6O/c1-3-28-16-17(20(23,24)21(25,26)27)31-32(2)19(16)33-10-12(9-29-33)11-4-7-15(22)14(8-11)18(34)30-13-5-6-13/h3-4,7-10,13,28H,1,5-6H2,2H3,(H,30,34). The molecule has 4 rings (SSSR count). The number of benzene rings is 1. The van der Waals surface area contributed by atoms with E-state index in [2.05, 4.69) is 27.4 Å². The molecule has 0 spiro atoms. The van der Waals surface area contributed by atoms with Crippen LogP contribution in [-0.2, 0) is 13.0 Å². The molecule has 1 aliphatic carbocycles. The maximum Gasteiger partial charge on any atom is 0.459 e. The molecule has 2 heterocycles. The molecule has 0 aliphatic heterocycles. The minimum atomic E-state index is -5.85. The van der Waals surface area contributed by atoms with E-state index in [0.29, 0.717) is 11.1 Å². The topological polar surface area (TPSA) is 76.8 Å². The highest BCUT2D eigenvalue weighted by atomic mass is 35.5. The maximum atomic E-state index is 14.1. The van der Waals surface area contributed by atoms with Gasteiger partial charge in [0.15, 0.2) is 11.5 Å². The van der Waals surface area contributed by atoms with E-state index in [-0.39, 0.29) is 28.4 Å². The van der Waals surface area contributed by atoms with Crippen molar-refractivity contribution in [1.82, 2.24) is 24.9 Å². The first-order valence-electron chi connectivity index (χ1n) is 9.99. The minimum Gasteiger partial charge on any atom is -0.357 e. The SMILES string of the molecule is C=CNc1c(C(F)(F)C(F)(F)F)nn(C)c1-n1cc(-c2ccc(Cl)c(C(=O)NC3CC3)c2)cn1. The fraction of sp³-hybridized carbons (Fsp3) is 0.286. The Morgan fingerprint density at radius 2 is 1.94 bits per heavy atom. The van der Waals surface area contributed by atoms with Crippen molar-refractivity contribution in [3.8, 4) is 16.9 Å². The van der Waals surface area contributed by atoms with Crippen LogP contribution in [0.4, 0.5) is 27.6 Å². The molecule has 2 N–H and O–H groups in total. The molecule has 13 heteroatoms. The Labute approximate surface area is 195 Å². The van der Waals surface area contributed by atoms with Crippen molar-refractivity contribution in [2.45, 2.75) is 31.0 Å². The van der Waals surface area contributed by atoms with E-state index < -0.39 is 23.5 Å². The maximum absolute atomic E-state index is 14.1. The number of carbonyl (C=O) groups excluding carboxylic acids is 1. The molecule has 3 aromatic rings. The first kappa shape index (κ1) is 23.7. The highest BCUT2D eigenvalue weighted by Crippen LogP contribution is 2.47. The number of alkyl halides is 5. The minimum absolute atomic E-state index is 0.125. The van der Waals surface area contributed by atoms with Crippen LogP contribution in [0, 0.1) is 0 Å². The number of aromatic nitrogens is 4. The van der Waals surface area contributed by atoms with Crippen LogP contribution in [-0.4, -0.2) is 37.7 Å². The molecule has 0 radical (unpaired) electrons. The summed E-state index contributed by atoms with van der Waals surface area (Å²) in [7, 11) is 1.21. The van der Waals surface area contributed by atoms with Crippen LogP contribution in [0.3, 0.4) is 0 Å². The molecule has 1 aliphatic rings. The Morgan fingerprint density at radius 3 is 2.56 bits per heavy atom. The quantitative estimate of drug-likeness (QED) is 0.446. The predicted octanol–water partition coefficient (Wildman–Crippen LogP) is 5.03. The highest BCUT2D eigenvalue weighted by Gasteiger charge is 2.62. The molecule has 34 heavy (non-hydrogen) atoms. The number of amides is 1. The van der Waals surface area contributed by atoms with Crippen LogP contribution in [0.1, 0.15) is 28.9 Å². The van der Waals surface area contributed by atoms with Crippen molar-refractivity contribution in [3.05, 3.63) is 59.7 Å². The molecule has 0 bridgehead atoms. The monoisotopic (exact) mass is 500 g/mol. The van der Waals surface area contributed by atoms with Gasteiger partial charge in [-0.1, -0.05) is 24.2 Å². The van der Waals surface area contributed by atoms with Crippen molar-refractivity contribution < 1.29 is 26.7 Å². The van der Waals surface area contributed by atoms with E-state index in [0.717, 1.165) is 28.4 Å². The molecule has 7 nitrogen and oxygen atoms in total. The number of anilines is 1. The zero-order valence-electron chi connectivity index (χ0n) is 17.6. The van der Waals surface area contributed by atoms with Gasteiger partial charge in [-0.05, 0) is 36.7 Å². The number of hydrogen-bond donors (Lipinski definition) is 2. The summed E-state index contributed by atoms with van der Waals surface area (Å²) < 4.78 is 69.2. The van der Waals surface area contributed by atoms with Gasteiger partial charge >= 0.3 is 12.1 Å². The fourth-order valence-corrected chi connectivity index (χ4v) is 3.53. The van der Waals surface area contributed by atoms with E-state index in [1.165, 1.54) is 25.5 Å². The Hall–Kier alpha value is -3.41. The molecule has 2 aromatic heterocycles. The highest BCUT2D eigenvalue weighted by molar-refractivity contribution is 6.34. The second-order valence-electron chi connectivity index (χ2n) is 7.71. The normalized spacial score (nSPS) is 14.2. The third-order valence-corrected chi connectivity index (χ3v) is 5.50. The Morgan fingerprint density at radius 1 is 1.24 bits per heavy atom. The predicted molar refractivity (Wildman–Crippen MR) is 115 cm³/mol. The lowest BCUT2D eigenvalue weighted by atomic mass is 10.1. The lowest BCUT2D eigenvalue weighted by Crippen LogP contribution is -2.34. The van der Waals surface area contributed by atoms with Crippen LogP contribution in [0.5, 0.6) is 0 Å². The fourth-order valence-electron chi connectivity index (χ4n) is 3.32. The van der Waals surface area contributed by atoms with Crippen LogP contribution in [0.15, 0.2) is 43.4 Å². The van der Waals surface area contributed by atoms with Crippen LogP contribution in [0.2, 0.25) is 5.02 Å². The number of aryl methyl sites for hydroxylation is 1. The summed E-state index contributed by atoms with van der Waals surface area (Å²) in [5.41, 5.74) is -0.861. The lowest BCUT2D eigenvalue weighted by Gasteiger charge is -2.18. The van der Waals surface area contributed by atoms with Gasteiger partial charge in [-0.3, -0.25) is 4.79 Å². The molecule has 0 unspecified atom stereocenters. The van der Waals surface area contributed by atoms with Gasteiger partial charge in [0.05, 0.1) is 16.8 Å². The van der Waals surface area contributed by atoms with Crippen molar-refractivity contribution in [2.75, 3.05) is 5.32 Å². The number of rotatable bonds is 7. The zero-order valence-corrected chi connectivity index (χ0v) is 18.4. The summed E-state index contributed by atoms with van der Waals surface area (Å²) in [6.45, 7) is 3.34. The average molecular weight is 501 g/mol. The van der Waals surface area contributed by atoms with Gasteiger partial charge in [0.25, 0.3) is 5.91 Å². The Bertz CT molecular complexity index is 1260. The van der Waals surface area contributed by atoms with Crippen molar-refractivity contribution in [1.29, 1.82) is 0 Å². The summed E-state index contributed by atoms with van der Waals surface area (Å²) in [5, 5.41) is 12.9. The molecule has 1 amide bonds. The molecule has 1 aromatic carbocycles. The molecule has 1 saturated carbocycles. The van der Waals surface area contributed by atoms with Gasteiger partial charge in [-0.25, -0.2) is 9.36 Å². The smallest absolute Gasteiger partial charge is 0.357 e. The Kier molecular flexibility index (Phi) is 5.88. The largest absolute Gasteiger partial charge is 0.459 e. The van der Waals surface area contributed by atoms with Crippen LogP contribution in [0.25, 0.3) is 16.9 Å². The van der Waals surface area contributed by atoms with Gasteiger partial charge in [-0.2, -0.15) is 32.1 Å². The Balaban J connectivity index is 1.74. The summed E-state index contributed by atoms with van der Waals surface area (Å²) in [6, 6.07) is 4.84. The lowest BCUT2D eigenvalue weighted by molar-refractivity contribution is -0.290. The van der Waals surface area contributed by atoms with Crippen molar-refractivity contribution in [2.24, 2.45) is 7.05 Å². The van der Waals surface area contributed by atoms with Crippen molar-refractivity contribution in [3.63, 3.8) is 0 Å². The van der Waals surface area contributed by atoms with Crippen LogP contribution >= 0.6 is 11.6 Å². The van der Waals surface area contributed by atoms with E-state index >= 15 is 0 Å². The van der Waals surface area contributed by atoms with Gasteiger partial charge in [0.1, 0.15) is 5.69 Å². The average Bonchev–Trinajstić information content (AvgIpc) is 3.32. The van der Waals surface area contributed by atoms with E-state index in [1.807, 2.05) is 0 Å². The van der Waals surface area contributed by atoms with E-state index in [4.69, 9.17) is 11.6 Å². The first-order valence-corrected chi connectivity index (χ1v) is 10.4. The number of halogens is 6. The second kappa shape index (κ2) is 8.42. The molecular formula is C21H18ClF5N6O. The van der Waals surface area contributed by atoms with Gasteiger partial charge in [0.2, 0.25) is 0 Å². The third kappa shape index (κ3) is 4.25. The molecule has 0 saturated heterocycles. The summed E-state index contributed by atoms with van der Waals surface area (Å²) >= 11 is 6.17. The van der Waals surface area contributed by atoms with Crippen LogP contribution < -0.4 is 10.6 Å². The molecule has 180 valence electrons. The molecular weight excluding hydrogens is 483 g/mol. The number of nitrogens with zero attached hydrogens (tertiary/aromatic N) is 4. The third-order valence-electron chi connectivity index (χ3n) is 5.17. The summed E-state index contributed by atoms with van der Waals surface area (Å²) in [6.07, 6.45) is -0.310. The van der Waals surface area contributed by atoms with E-state index in [9.17, 15) is 26.7 Å². The van der Waals surface area contributed by atoms with Gasteiger partial charge < -0.3 is 10.6 Å². The summed E-state index contributed by atoms with van der Waals surface area (Å²) in [5.74, 6) is -5.72. The van der Waals surface area contributed by atoms with Gasteiger partial charge in [0, 0.05) is 24.8 Å². The van der Waals surface area contributed by atoms with E-state index in [1.54, 1.807) is 12.1 Å². The first-order chi connectivity index (χ1) is 15.9. The number of carbonyl (C=O) groups is 1. The molecule has 1 fully saturated rings.